The third-order valence-electron chi connectivity index (χ3n) is 3.76. The Labute approximate surface area is 113 Å². The van der Waals surface area contributed by atoms with Crippen molar-refractivity contribution in [1.29, 1.82) is 0 Å². The van der Waals surface area contributed by atoms with Crippen LogP contribution in [0.3, 0.4) is 0 Å². The Balaban J connectivity index is 1.98. The highest BCUT2D eigenvalue weighted by Gasteiger charge is 2.28. The van der Waals surface area contributed by atoms with Gasteiger partial charge in [-0.25, -0.2) is 4.39 Å². The molecule has 1 aliphatic rings. The maximum Gasteiger partial charge on any atom is 0.123 e. The molecule has 0 spiro atoms. The first-order valence-corrected chi connectivity index (χ1v) is 6.92. The highest BCUT2D eigenvalue weighted by atomic mass is 19.1. The van der Waals surface area contributed by atoms with Crippen molar-refractivity contribution in [2.24, 2.45) is 5.92 Å². The Kier molecular flexibility index (Phi) is 5.14. The van der Waals surface area contributed by atoms with Gasteiger partial charge in [-0.3, -0.25) is 4.39 Å². The monoisotopic (exact) mass is 269 g/mol. The van der Waals surface area contributed by atoms with Gasteiger partial charge in [0.15, 0.2) is 0 Å². The van der Waals surface area contributed by atoms with E-state index >= 15 is 0 Å². The Morgan fingerprint density at radius 1 is 1.32 bits per heavy atom. The number of benzene rings is 1. The summed E-state index contributed by atoms with van der Waals surface area (Å²) in [5, 5.41) is 0. The van der Waals surface area contributed by atoms with Crippen molar-refractivity contribution in [3.63, 3.8) is 0 Å². The van der Waals surface area contributed by atoms with Crippen molar-refractivity contribution in [2.75, 3.05) is 24.9 Å². The number of halogens is 2. The van der Waals surface area contributed by atoms with Gasteiger partial charge in [0.1, 0.15) is 12.5 Å². The number of hydrogen-bond acceptors (Lipinski definition) is 2. The Morgan fingerprint density at radius 3 is 2.68 bits per heavy atom. The highest BCUT2D eigenvalue weighted by molar-refractivity contribution is 5.46. The summed E-state index contributed by atoms with van der Waals surface area (Å²) >= 11 is 0. The molecule has 0 aliphatic carbocycles. The van der Waals surface area contributed by atoms with E-state index in [1.807, 2.05) is 0 Å². The quantitative estimate of drug-likeness (QED) is 0.807. The fourth-order valence-electron chi connectivity index (χ4n) is 2.60. The minimum absolute atomic E-state index is 0.150. The zero-order chi connectivity index (χ0) is 13.7. The number of alkyl halides is 1. The van der Waals surface area contributed by atoms with E-state index in [4.69, 9.17) is 4.74 Å². The second kappa shape index (κ2) is 6.85. The van der Waals surface area contributed by atoms with Gasteiger partial charge in [0.05, 0.1) is 12.8 Å². The van der Waals surface area contributed by atoms with E-state index < -0.39 is 0 Å². The summed E-state index contributed by atoms with van der Waals surface area (Å²) < 4.78 is 31.0. The summed E-state index contributed by atoms with van der Waals surface area (Å²) in [6.07, 6.45) is 2.51. The summed E-state index contributed by atoms with van der Waals surface area (Å²) in [7, 11) is 0. The fourth-order valence-corrected chi connectivity index (χ4v) is 2.60. The number of rotatable bonds is 5. The lowest BCUT2D eigenvalue weighted by atomic mass is 9.94. The van der Waals surface area contributed by atoms with Gasteiger partial charge in [-0.05, 0) is 43.5 Å². The molecule has 0 bridgehead atoms. The van der Waals surface area contributed by atoms with E-state index in [-0.39, 0.29) is 18.6 Å². The van der Waals surface area contributed by atoms with Crippen LogP contribution in [-0.2, 0) is 4.74 Å². The number of nitrogens with zero attached hydrogens (tertiary/aromatic N) is 1. The van der Waals surface area contributed by atoms with E-state index in [0.717, 1.165) is 25.1 Å². The summed E-state index contributed by atoms with van der Waals surface area (Å²) in [6, 6.07) is 6.47. The third-order valence-corrected chi connectivity index (χ3v) is 3.76. The van der Waals surface area contributed by atoms with Crippen LogP contribution in [0.4, 0.5) is 14.5 Å². The Hall–Kier alpha value is -1.16. The average Bonchev–Trinajstić information content (AvgIpc) is 2.46. The van der Waals surface area contributed by atoms with Crippen LogP contribution in [0, 0.1) is 11.7 Å². The molecule has 0 radical (unpaired) electrons. The zero-order valence-corrected chi connectivity index (χ0v) is 11.3. The lowest BCUT2D eigenvalue weighted by Crippen LogP contribution is -2.45. The summed E-state index contributed by atoms with van der Waals surface area (Å²) in [5.41, 5.74) is 0.976. The molecule has 1 fully saturated rings. The third kappa shape index (κ3) is 3.66. The van der Waals surface area contributed by atoms with Crippen molar-refractivity contribution >= 4 is 5.69 Å². The second-order valence-corrected chi connectivity index (χ2v) is 5.03. The molecule has 19 heavy (non-hydrogen) atoms. The van der Waals surface area contributed by atoms with E-state index in [1.165, 1.54) is 12.1 Å². The molecular weight excluding hydrogens is 248 g/mol. The van der Waals surface area contributed by atoms with E-state index in [1.54, 1.807) is 12.1 Å². The Bertz CT molecular complexity index is 382. The first-order chi connectivity index (χ1) is 9.24. The van der Waals surface area contributed by atoms with Gasteiger partial charge >= 0.3 is 0 Å². The molecule has 4 heteroatoms. The van der Waals surface area contributed by atoms with Crippen molar-refractivity contribution in [2.45, 2.75) is 32.3 Å². The predicted octanol–water partition coefficient (Wildman–Crippen LogP) is 3.76. The van der Waals surface area contributed by atoms with Crippen LogP contribution in [0.2, 0.25) is 0 Å². The lowest BCUT2D eigenvalue weighted by molar-refractivity contribution is -0.0223. The lowest BCUT2D eigenvalue weighted by Gasteiger charge is -2.39. The molecule has 2 rings (SSSR count). The summed E-state index contributed by atoms with van der Waals surface area (Å²) in [4.78, 5) is 2.11. The maximum absolute atomic E-state index is 12.9. The number of anilines is 1. The highest BCUT2D eigenvalue weighted by Crippen LogP contribution is 2.27. The van der Waals surface area contributed by atoms with Crippen LogP contribution < -0.4 is 4.90 Å². The zero-order valence-electron chi connectivity index (χ0n) is 11.3. The normalized spacial score (nSPS) is 23.6. The van der Waals surface area contributed by atoms with Crippen LogP contribution in [0.15, 0.2) is 24.3 Å². The van der Waals surface area contributed by atoms with Gasteiger partial charge in [0, 0.05) is 18.2 Å². The molecule has 1 saturated heterocycles. The molecule has 2 unspecified atom stereocenters. The summed E-state index contributed by atoms with van der Waals surface area (Å²) in [6.45, 7) is 3.24. The van der Waals surface area contributed by atoms with Crippen LogP contribution in [0.1, 0.15) is 26.2 Å². The Morgan fingerprint density at radius 2 is 2.05 bits per heavy atom. The van der Waals surface area contributed by atoms with Gasteiger partial charge in [-0.1, -0.05) is 6.92 Å². The minimum atomic E-state index is -0.280. The van der Waals surface area contributed by atoms with Gasteiger partial charge in [0.2, 0.25) is 0 Å². The minimum Gasteiger partial charge on any atom is -0.358 e. The summed E-state index contributed by atoms with van der Waals surface area (Å²) in [5.74, 6) is 0.180. The predicted molar refractivity (Wildman–Crippen MR) is 72.5 cm³/mol. The molecule has 1 aromatic carbocycles. The first-order valence-electron chi connectivity index (χ1n) is 6.92. The van der Waals surface area contributed by atoms with Crippen LogP contribution in [0.25, 0.3) is 0 Å². The average molecular weight is 269 g/mol. The molecule has 1 aliphatic heterocycles. The van der Waals surface area contributed by atoms with Crippen molar-refractivity contribution in [1.82, 2.24) is 0 Å². The standard InChI is InChI=1S/C15H21F2NO/c1-2-12-10-18(11-19-15(12)4-3-9-16)14-7-5-13(17)6-8-14/h5-8,12,15H,2-4,9-11H2,1H3. The maximum atomic E-state index is 12.9. The smallest absolute Gasteiger partial charge is 0.123 e. The number of hydrogen-bond donors (Lipinski definition) is 0. The van der Waals surface area contributed by atoms with Gasteiger partial charge in [-0.15, -0.1) is 0 Å². The van der Waals surface area contributed by atoms with Crippen LogP contribution in [0.5, 0.6) is 0 Å². The molecule has 1 aromatic rings. The van der Waals surface area contributed by atoms with Crippen LogP contribution in [-0.4, -0.2) is 26.1 Å². The van der Waals surface area contributed by atoms with E-state index in [0.29, 0.717) is 19.1 Å². The first kappa shape index (κ1) is 14.3. The van der Waals surface area contributed by atoms with Gasteiger partial charge in [0.25, 0.3) is 0 Å². The van der Waals surface area contributed by atoms with E-state index in [9.17, 15) is 8.78 Å². The van der Waals surface area contributed by atoms with Crippen molar-refractivity contribution in [3.05, 3.63) is 30.1 Å². The van der Waals surface area contributed by atoms with Gasteiger partial charge in [-0.2, -0.15) is 0 Å². The topological polar surface area (TPSA) is 12.5 Å². The fraction of sp³-hybridized carbons (Fsp3) is 0.600. The molecule has 0 amide bonds. The molecular formula is C15H21F2NO. The molecule has 1 heterocycles. The second-order valence-electron chi connectivity index (χ2n) is 5.03. The van der Waals surface area contributed by atoms with Crippen LogP contribution >= 0.6 is 0 Å². The molecule has 0 aromatic heterocycles. The molecule has 2 nitrogen and oxygen atoms in total. The van der Waals surface area contributed by atoms with Crippen molar-refractivity contribution < 1.29 is 13.5 Å². The molecule has 2 atom stereocenters. The molecule has 106 valence electrons. The van der Waals surface area contributed by atoms with Crippen molar-refractivity contribution in [3.8, 4) is 0 Å². The largest absolute Gasteiger partial charge is 0.358 e. The molecule has 0 N–H and O–H groups in total. The molecule has 0 saturated carbocycles. The SMILES string of the molecule is CCC1CN(c2ccc(F)cc2)COC1CCCF. The number of ether oxygens (including phenoxy) is 1. The van der Waals surface area contributed by atoms with Gasteiger partial charge < -0.3 is 9.64 Å². The van der Waals surface area contributed by atoms with E-state index in [2.05, 4.69) is 11.8 Å².